The fourth-order valence-electron chi connectivity index (χ4n) is 11.7. The third-order valence-electron chi connectivity index (χ3n) is 17.4. The van der Waals surface area contributed by atoms with Gasteiger partial charge in [-0.15, -0.1) is 0 Å². The van der Waals surface area contributed by atoms with Crippen LogP contribution < -0.4 is 5.32 Å². The van der Waals surface area contributed by atoms with Crippen LogP contribution in [-0.4, -0.2) is 87.5 Å². The summed E-state index contributed by atoms with van der Waals surface area (Å²) < 4.78 is 11.3. The zero-order valence-electron chi connectivity index (χ0n) is 54.7. The van der Waals surface area contributed by atoms with Gasteiger partial charge in [0.25, 0.3) is 0 Å². The van der Waals surface area contributed by atoms with Crippen molar-refractivity contribution in [3.8, 4) is 0 Å². The summed E-state index contributed by atoms with van der Waals surface area (Å²) in [4.78, 5) is 13.1. The van der Waals surface area contributed by atoms with E-state index in [1.54, 1.807) is 6.08 Å². The molecule has 7 atom stereocenters. The first-order chi connectivity index (χ1) is 40.8. The number of hydrogen-bond acceptors (Lipinski definition) is 8. The van der Waals surface area contributed by atoms with Crippen LogP contribution in [0.2, 0.25) is 0 Å². The molecule has 0 aliphatic carbocycles. The molecule has 7 unspecified atom stereocenters. The van der Waals surface area contributed by atoms with Gasteiger partial charge in [0.05, 0.1) is 25.4 Å². The van der Waals surface area contributed by atoms with E-state index in [9.17, 15) is 30.3 Å². The molecule has 1 fully saturated rings. The van der Waals surface area contributed by atoms with Crippen LogP contribution in [0.1, 0.15) is 361 Å². The quantitative estimate of drug-likeness (QED) is 0.0261. The minimum atomic E-state index is -1.57. The van der Waals surface area contributed by atoms with Crippen LogP contribution in [0.3, 0.4) is 0 Å². The molecule has 0 aromatic rings. The van der Waals surface area contributed by atoms with Crippen molar-refractivity contribution in [1.82, 2.24) is 5.32 Å². The van der Waals surface area contributed by atoms with E-state index in [2.05, 4.69) is 55.6 Å². The first-order valence-corrected chi connectivity index (χ1v) is 36.4. The molecule has 1 amide bonds. The molecule has 83 heavy (non-hydrogen) atoms. The minimum absolute atomic E-state index is 0.170. The Morgan fingerprint density at radius 3 is 1.05 bits per heavy atom. The van der Waals surface area contributed by atoms with Gasteiger partial charge in [0.15, 0.2) is 6.29 Å². The summed E-state index contributed by atoms with van der Waals surface area (Å²) in [7, 11) is 0. The second kappa shape index (κ2) is 63.2. The van der Waals surface area contributed by atoms with Gasteiger partial charge in [-0.25, -0.2) is 0 Å². The fraction of sp³-hybridized carbons (Fsp3) is 0.878. The fourth-order valence-corrected chi connectivity index (χ4v) is 11.7. The Hall–Kier alpha value is -1.85. The molecule has 1 saturated heterocycles. The average molecular weight is 1170 g/mol. The Labute approximate surface area is 514 Å². The van der Waals surface area contributed by atoms with Gasteiger partial charge in [-0.2, -0.15) is 0 Å². The number of allylic oxidation sites excluding steroid dienone is 7. The minimum Gasteiger partial charge on any atom is -0.394 e. The lowest BCUT2D eigenvalue weighted by atomic mass is 9.99. The largest absolute Gasteiger partial charge is 0.394 e. The Balaban J connectivity index is 2.08. The van der Waals surface area contributed by atoms with Crippen LogP contribution >= 0.6 is 0 Å². The second-order valence-corrected chi connectivity index (χ2v) is 25.4. The molecular weight excluding hydrogens is 1030 g/mol. The summed E-state index contributed by atoms with van der Waals surface area (Å²) in [6, 6.07) is -0.805. The summed E-state index contributed by atoms with van der Waals surface area (Å²) in [5.74, 6) is -0.170. The van der Waals surface area contributed by atoms with E-state index in [4.69, 9.17) is 9.47 Å². The van der Waals surface area contributed by atoms with E-state index < -0.39 is 49.5 Å². The summed E-state index contributed by atoms with van der Waals surface area (Å²) in [5.41, 5.74) is 0. The molecule has 1 aliphatic rings. The van der Waals surface area contributed by atoms with Crippen LogP contribution in [0.5, 0.6) is 0 Å². The van der Waals surface area contributed by atoms with Crippen LogP contribution in [0.4, 0.5) is 0 Å². The van der Waals surface area contributed by atoms with E-state index in [0.717, 1.165) is 51.4 Å². The smallest absolute Gasteiger partial charge is 0.220 e. The highest BCUT2D eigenvalue weighted by molar-refractivity contribution is 5.76. The van der Waals surface area contributed by atoms with Crippen molar-refractivity contribution in [2.75, 3.05) is 13.2 Å². The van der Waals surface area contributed by atoms with Gasteiger partial charge in [-0.1, -0.05) is 345 Å². The zero-order valence-corrected chi connectivity index (χ0v) is 54.7. The normalized spacial score (nSPS) is 18.5. The Morgan fingerprint density at radius 1 is 0.410 bits per heavy atom. The maximum Gasteiger partial charge on any atom is 0.220 e. The van der Waals surface area contributed by atoms with Gasteiger partial charge in [-0.05, 0) is 57.8 Å². The van der Waals surface area contributed by atoms with Crippen molar-refractivity contribution in [2.24, 2.45) is 0 Å². The summed E-state index contributed by atoms with van der Waals surface area (Å²) >= 11 is 0. The number of aliphatic hydroxyl groups is 5. The van der Waals surface area contributed by atoms with Gasteiger partial charge in [0, 0.05) is 6.42 Å². The molecule has 0 spiro atoms. The molecule has 1 aliphatic heterocycles. The molecule has 1 heterocycles. The summed E-state index contributed by atoms with van der Waals surface area (Å²) in [6.45, 7) is 3.82. The highest BCUT2D eigenvalue weighted by Crippen LogP contribution is 2.23. The highest BCUT2D eigenvalue weighted by Gasteiger charge is 2.44. The van der Waals surface area contributed by atoms with Gasteiger partial charge in [0.2, 0.25) is 5.91 Å². The molecule has 6 N–H and O–H groups in total. The number of nitrogens with one attached hydrogen (secondary N) is 1. The molecule has 0 bridgehead atoms. The molecule has 9 heteroatoms. The SMILES string of the molecule is CCCCCCC/C=C\C/C=C\C/C=C\CCCCCCCCCCCCCCCCCCCCCCCCC(=O)NC(COC1OC(CO)C(O)C(O)C1O)C(O)/C=C/CCCCCCCCCCCCCCCCCCCCCCC. The topological polar surface area (TPSA) is 149 Å². The second-order valence-electron chi connectivity index (χ2n) is 25.4. The number of carbonyl (C=O) groups excluding carboxylic acids is 1. The summed E-state index contributed by atoms with van der Waals surface area (Å²) in [5, 5.41) is 54.8. The molecule has 488 valence electrons. The standard InChI is InChI=1S/C74H139NO8/c1-3-5-7-9-11-13-15-17-19-21-23-25-27-28-29-30-31-32-33-34-35-36-37-38-39-40-42-44-46-48-50-52-54-56-58-60-62-64-70(78)75-67(66-82-74-73(81)72(80)71(79)69(65-76)83-74)68(77)63-61-59-57-55-53-51-49-47-45-43-41-26-24-22-20-18-16-14-12-10-8-6-4-2/h15,17,21,23,27-28,61,63,67-69,71-74,76-77,79-81H,3-14,16,18-20,22,24-26,29-60,62,64-66H2,1-2H3,(H,75,78)/b17-15-,23-21-,28-27-,63-61+. The number of hydrogen-bond donors (Lipinski definition) is 6. The highest BCUT2D eigenvalue weighted by atomic mass is 16.7. The number of aliphatic hydroxyl groups excluding tert-OH is 5. The lowest BCUT2D eigenvalue weighted by molar-refractivity contribution is -0.302. The Bertz CT molecular complexity index is 1450. The van der Waals surface area contributed by atoms with Gasteiger partial charge >= 0.3 is 0 Å². The first-order valence-electron chi connectivity index (χ1n) is 36.4. The van der Waals surface area contributed by atoms with Crippen molar-refractivity contribution in [2.45, 2.75) is 403 Å². The van der Waals surface area contributed by atoms with Crippen molar-refractivity contribution >= 4 is 5.91 Å². The number of amides is 1. The maximum absolute atomic E-state index is 13.1. The van der Waals surface area contributed by atoms with E-state index in [0.29, 0.717) is 6.42 Å². The zero-order chi connectivity index (χ0) is 60.0. The van der Waals surface area contributed by atoms with Crippen LogP contribution in [0, 0.1) is 0 Å². The Kier molecular flexibility index (Phi) is 60.3. The molecule has 0 aromatic carbocycles. The molecule has 0 radical (unpaired) electrons. The lowest BCUT2D eigenvalue weighted by Crippen LogP contribution is -2.60. The van der Waals surface area contributed by atoms with Crippen molar-refractivity contribution in [3.63, 3.8) is 0 Å². The van der Waals surface area contributed by atoms with Gasteiger partial charge in [-0.3, -0.25) is 4.79 Å². The monoisotopic (exact) mass is 1170 g/mol. The molecule has 9 nitrogen and oxygen atoms in total. The van der Waals surface area contributed by atoms with Crippen molar-refractivity contribution < 1.29 is 39.8 Å². The number of rotatable bonds is 64. The van der Waals surface area contributed by atoms with Gasteiger partial charge in [0.1, 0.15) is 24.4 Å². The van der Waals surface area contributed by atoms with Crippen LogP contribution in [-0.2, 0) is 14.3 Å². The lowest BCUT2D eigenvalue weighted by Gasteiger charge is -2.40. The number of carbonyl (C=O) groups is 1. The van der Waals surface area contributed by atoms with E-state index >= 15 is 0 Å². The number of unbranched alkanes of at least 4 members (excludes halogenated alkanes) is 48. The van der Waals surface area contributed by atoms with Gasteiger partial charge < -0.3 is 40.3 Å². The summed E-state index contributed by atoms with van der Waals surface area (Å²) in [6.07, 6.45) is 79.4. The predicted octanol–water partition coefficient (Wildman–Crippen LogP) is 20.0. The molecular formula is C74H139NO8. The molecule has 1 rings (SSSR count). The van der Waals surface area contributed by atoms with Crippen molar-refractivity contribution in [1.29, 1.82) is 0 Å². The third kappa shape index (κ3) is 51.9. The first kappa shape index (κ1) is 79.2. The molecule has 0 aromatic heterocycles. The maximum atomic E-state index is 13.1. The van der Waals surface area contributed by atoms with E-state index in [1.165, 1.54) is 289 Å². The number of ether oxygens (including phenoxy) is 2. The van der Waals surface area contributed by atoms with E-state index in [-0.39, 0.29) is 12.5 Å². The van der Waals surface area contributed by atoms with Crippen molar-refractivity contribution in [3.05, 3.63) is 48.6 Å². The average Bonchev–Trinajstić information content (AvgIpc) is 3.60. The Morgan fingerprint density at radius 2 is 0.711 bits per heavy atom. The van der Waals surface area contributed by atoms with Crippen LogP contribution in [0.15, 0.2) is 48.6 Å². The van der Waals surface area contributed by atoms with Crippen LogP contribution in [0.25, 0.3) is 0 Å². The molecule has 0 saturated carbocycles. The predicted molar refractivity (Wildman–Crippen MR) is 355 cm³/mol. The van der Waals surface area contributed by atoms with E-state index in [1.807, 2.05) is 6.08 Å². The third-order valence-corrected chi connectivity index (χ3v) is 17.4.